The van der Waals surface area contributed by atoms with Crippen LogP contribution in [-0.4, -0.2) is 35.1 Å². The molecule has 0 aliphatic carbocycles. The van der Waals surface area contributed by atoms with Crippen LogP contribution in [0.3, 0.4) is 0 Å². The van der Waals surface area contributed by atoms with Gasteiger partial charge >= 0.3 is 0 Å². The standard InChI is InChI=1S/C17H22N2O2/c1-13-4-9-16(17(18)21)12-19(13)11-15-7-5-14(6-8-15)3-2-10-20/h5-8,13,16,20H,4,9-12H2,1H3,(H2,18,21). The summed E-state index contributed by atoms with van der Waals surface area (Å²) in [6.07, 6.45) is 1.90. The van der Waals surface area contributed by atoms with E-state index in [9.17, 15) is 4.79 Å². The molecule has 1 aromatic rings. The summed E-state index contributed by atoms with van der Waals surface area (Å²) in [4.78, 5) is 13.7. The van der Waals surface area contributed by atoms with Gasteiger partial charge in [0, 0.05) is 24.7 Å². The molecule has 4 nitrogen and oxygen atoms in total. The Labute approximate surface area is 125 Å². The zero-order valence-corrected chi connectivity index (χ0v) is 12.4. The first-order chi connectivity index (χ1) is 10.1. The SMILES string of the molecule is CC1CCC(C(N)=O)CN1Cc1ccc(C#CCO)cc1. The van der Waals surface area contributed by atoms with E-state index in [1.54, 1.807) is 0 Å². The topological polar surface area (TPSA) is 66.6 Å². The first-order valence-electron chi connectivity index (χ1n) is 7.32. The van der Waals surface area contributed by atoms with Gasteiger partial charge in [0.05, 0.1) is 5.92 Å². The Balaban J connectivity index is 2.01. The molecule has 0 aromatic heterocycles. The Bertz CT molecular complexity index is 542. The van der Waals surface area contributed by atoms with E-state index in [0.29, 0.717) is 6.04 Å². The van der Waals surface area contributed by atoms with Crippen molar-refractivity contribution in [3.8, 4) is 11.8 Å². The normalized spacial score (nSPS) is 22.4. The molecule has 0 saturated carbocycles. The number of benzene rings is 1. The minimum absolute atomic E-state index is 0.0316. The van der Waals surface area contributed by atoms with E-state index < -0.39 is 0 Å². The summed E-state index contributed by atoms with van der Waals surface area (Å²) in [7, 11) is 0. The fourth-order valence-electron chi connectivity index (χ4n) is 2.70. The molecule has 112 valence electrons. The van der Waals surface area contributed by atoms with Crippen LogP contribution < -0.4 is 5.73 Å². The van der Waals surface area contributed by atoms with Gasteiger partial charge in [0.15, 0.2) is 0 Å². The van der Waals surface area contributed by atoms with Crippen LogP contribution in [0, 0.1) is 17.8 Å². The van der Waals surface area contributed by atoms with Gasteiger partial charge in [-0.2, -0.15) is 0 Å². The number of nitrogens with two attached hydrogens (primary N) is 1. The number of piperidine rings is 1. The maximum Gasteiger partial charge on any atom is 0.221 e. The van der Waals surface area contributed by atoms with Gasteiger partial charge in [-0.25, -0.2) is 0 Å². The van der Waals surface area contributed by atoms with E-state index in [-0.39, 0.29) is 18.4 Å². The van der Waals surface area contributed by atoms with Crippen molar-refractivity contribution in [1.82, 2.24) is 4.90 Å². The summed E-state index contributed by atoms with van der Waals surface area (Å²) >= 11 is 0. The van der Waals surface area contributed by atoms with Crippen LogP contribution in [0.4, 0.5) is 0 Å². The first kappa shape index (κ1) is 15.6. The number of hydrogen-bond donors (Lipinski definition) is 2. The van der Waals surface area contributed by atoms with Crippen LogP contribution in [0.25, 0.3) is 0 Å². The fraction of sp³-hybridized carbons (Fsp3) is 0.471. The molecule has 3 N–H and O–H groups in total. The van der Waals surface area contributed by atoms with Gasteiger partial charge in [0.2, 0.25) is 5.91 Å². The van der Waals surface area contributed by atoms with Gasteiger partial charge in [-0.3, -0.25) is 9.69 Å². The quantitative estimate of drug-likeness (QED) is 0.818. The minimum atomic E-state index is -0.193. The molecule has 2 rings (SSSR count). The molecule has 0 bridgehead atoms. The molecule has 21 heavy (non-hydrogen) atoms. The molecule has 1 aromatic carbocycles. The second kappa shape index (κ2) is 7.26. The molecule has 1 saturated heterocycles. The van der Waals surface area contributed by atoms with Crippen LogP contribution in [0.1, 0.15) is 30.9 Å². The summed E-state index contributed by atoms with van der Waals surface area (Å²) in [6.45, 7) is 3.63. The highest BCUT2D eigenvalue weighted by Crippen LogP contribution is 2.23. The smallest absolute Gasteiger partial charge is 0.221 e. The lowest BCUT2D eigenvalue weighted by molar-refractivity contribution is -0.124. The number of rotatable bonds is 3. The molecule has 1 aliphatic heterocycles. The van der Waals surface area contributed by atoms with Gasteiger partial charge < -0.3 is 10.8 Å². The highest BCUT2D eigenvalue weighted by molar-refractivity contribution is 5.77. The van der Waals surface area contributed by atoms with E-state index in [1.165, 1.54) is 5.56 Å². The minimum Gasteiger partial charge on any atom is -0.384 e. The Kier molecular flexibility index (Phi) is 5.38. The molecule has 0 radical (unpaired) electrons. The molecule has 1 amide bonds. The third-order valence-electron chi connectivity index (χ3n) is 4.06. The molecule has 4 heteroatoms. The number of likely N-dealkylation sites (tertiary alicyclic amines) is 1. The van der Waals surface area contributed by atoms with Gasteiger partial charge in [-0.1, -0.05) is 24.0 Å². The number of hydrogen-bond acceptors (Lipinski definition) is 3. The number of primary amides is 1. The van der Waals surface area contributed by atoms with E-state index in [0.717, 1.165) is 31.5 Å². The molecule has 0 spiro atoms. The molecule has 1 fully saturated rings. The van der Waals surface area contributed by atoms with Crippen molar-refractivity contribution in [2.45, 2.75) is 32.4 Å². The van der Waals surface area contributed by atoms with E-state index >= 15 is 0 Å². The lowest BCUT2D eigenvalue weighted by Crippen LogP contribution is -2.45. The second-order valence-electron chi connectivity index (χ2n) is 5.61. The molecule has 1 aliphatic rings. The predicted octanol–water partition coefficient (Wildman–Crippen LogP) is 1.12. The average molecular weight is 286 g/mol. The molecule has 1 heterocycles. The van der Waals surface area contributed by atoms with E-state index in [4.69, 9.17) is 10.8 Å². The maximum absolute atomic E-state index is 11.4. The molecule has 2 atom stereocenters. The van der Waals surface area contributed by atoms with Gasteiger partial charge in [0.25, 0.3) is 0 Å². The highest BCUT2D eigenvalue weighted by atomic mass is 16.2. The summed E-state index contributed by atoms with van der Waals surface area (Å²) < 4.78 is 0. The van der Waals surface area contributed by atoms with Crippen molar-refractivity contribution >= 4 is 5.91 Å². The van der Waals surface area contributed by atoms with Gasteiger partial charge in [-0.15, -0.1) is 0 Å². The third-order valence-corrected chi connectivity index (χ3v) is 4.06. The lowest BCUT2D eigenvalue weighted by atomic mass is 9.92. The number of carbonyl (C=O) groups excluding carboxylic acids is 1. The number of nitrogens with zero attached hydrogens (tertiary/aromatic N) is 1. The van der Waals surface area contributed by atoms with Crippen LogP contribution in [-0.2, 0) is 11.3 Å². The monoisotopic (exact) mass is 286 g/mol. The highest BCUT2D eigenvalue weighted by Gasteiger charge is 2.28. The largest absolute Gasteiger partial charge is 0.384 e. The summed E-state index contributed by atoms with van der Waals surface area (Å²) in [5.74, 6) is 5.29. The lowest BCUT2D eigenvalue weighted by Gasteiger charge is -2.36. The van der Waals surface area contributed by atoms with Crippen LogP contribution >= 0.6 is 0 Å². The summed E-state index contributed by atoms with van der Waals surface area (Å²) in [5, 5.41) is 8.68. The van der Waals surface area contributed by atoms with Crippen molar-refractivity contribution in [3.63, 3.8) is 0 Å². The zero-order valence-electron chi connectivity index (χ0n) is 12.4. The fourth-order valence-corrected chi connectivity index (χ4v) is 2.70. The maximum atomic E-state index is 11.4. The van der Waals surface area contributed by atoms with E-state index in [2.05, 4.69) is 23.7 Å². The molecular weight excluding hydrogens is 264 g/mol. The van der Waals surface area contributed by atoms with Crippen LogP contribution in [0.5, 0.6) is 0 Å². The van der Waals surface area contributed by atoms with Crippen LogP contribution in [0.2, 0.25) is 0 Å². The summed E-state index contributed by atoms with van der Waals surface area (Å²) in [6, 6.07) is 8.47. The molecular formula is C17H22N2O2. The van der Waals surface area contributed by atoms with Crippen molar-refractivity contribution in [2.75, 3.05) is 13.2 Å². The Morgan fingerprint density at radius 1 is 1.38 bits per heavy atom. The third kappa shape index (κ3) is 4.32. The van der Waals surface area contributed by atoms with Crippen LogP contribution in [0.15, 0.2) is 24.3 Å². The van der Waals surface area contributed by atoms with E-state index in [1.807, 2.05) is 24.3 Å². The first-order valence-corrected chi connectivity index (χ1v) is 7.32. The van der Waals surface area contributed by atoms with Crippen molar-refractivity contribution in [3.05, 3.63) is 35.4 Å². The predicted molar refractivity (Wildman–Crippen MR) is 82.2 cm³/mol. The number of aliphatic hydroxyl groups excluding tert-OH is 1. The van der Waals surface area contributed by atoms with Crippen molar-refractivity contribution in [1.29, 1.82) is 0 Å². The van der Waals surface area contributed by atoms with Gasteiger partial charge in [0.1, 0.15) is 6.61 Å². The van der Waals surface area contributed by atoms with Gasteiger partial charge in [-0.05, 0) is 37.5 Å². The number of amides is 1. The van der Waals surface area contributed by atoms with Crippen molar-refractivity contribution < 1.29 is 9.90 Å². The zero-order chi connectivity index (χ0) is 15.2. The van der Waals surface area contributed by atoms with Crippen molar-refractivity contribution in [2.24, 2.45) is 11.7 Å². The number of aliphatic hydroxyl groups is 1. The second-order valence-corrected chi connectivity index (χ2v) is 5.61. The number of carbonyl (C=O) groups is 1. The average Bonchev–Trinajstić information content (AvgIpc) is 2.48. The Morgan fingerprint density at radius 3 is 2.71 bits per heavy atom. The Morgan fingerprint density at radius 2 is 2.10 bits per heavy atom. The Hall–Kier alpha value is -1.83. The summed E-state index contributed by atoms with van der Waals surface area (Å²) in [5.41, 5.74) is 7.53. The molecule has 2 unspecified atom stereocenters.